The number of carbonyl (C=O) groups is 1. The molecule has 1 amide bonds. The summed E-state index contributed by atoms with van der Waals surface area (Å²) in [4.78, 5) is 12.4. The zero-order chi connectivity index (χ0) is 16.3. The molecule has 1 fully saturated rings. The van der Waals surface area contributed by atoms with Gasteiger partial charge in [0.2, 0.25) is 15.9 Å². The van der Waals surface area contributed by atoms with Gasteiger partial charge in [-0.1, -0.05) is 13.0 Å². The van der Waals surface area contributed by atoms with Crippen LogP contribution in [0.1, 0.15) is 31.7 Å². The number of rotatable bonds is 5. The first-order valence-electron chi connectivity index (χ1n) is 7.43. The molecule has 1 aromatic rings. The van der Waals surface area contributed by atoms with Crippen LogP contribution < -0.4 is 5.32 Å². The fraction of sp³-hybridized carbons (Fsp3) is 0.533. The molecule has 7 heteroatoms. The van der Waals surface area contributed by atoms with Crippen LogP contribution in [0.3, 0.4) is 0 Å². The SMILES string of the molecule is CCCNC(=O)C1CCCN1S(=O)(=O)c1ccc(C)cc1Br. The highest BCUT2D eigenvalue weighted by Gasteiger charge is 2.39. The normalized spacial score (nSPS) is 19.3. The molecule has 1 aromatic carbocycles. The van der Waals surface area contributed by atoms with Crippen molar-refractivity contribution in [2.24, 2.45) is 0 Å². The van der Waals surface area contributed by atoms with Gasteiger partial charge in [-0.25, -0.2) is 8.42 Å². The largest absolute Gasteiger partial charge is 0.355 e. The molecular formula is C15H21BrN2O3S. The van der Waals surface area contributed by atoms with Crippen LogP contribution in [0.15, 0.2) is 27.6 Å². The van der Waals surface area contributed by atoms with E-state index in [2.05, 4.69) is 21.2 Å². The summed E-state index contributed by atoms with van der Waals surface area (Å²) in [5.74, 6) is -0.203. The summed E-state index contributed by atoms with van der Waals surface area (Å²) in [5.41, 5.74) is 0.976. The maximum absolute atomic E-state index is 12.9. The Morgan fingerprint density at radius 2 is 2.18 bits per heavy atom. The lowest BCUT2D eigenvalue weighted by Crippen LogP contribution is -2.46. The number of halogens is 1. The maximum atomic E-state index is 12.9. The quantitative estimate of drug-likeness (QED) is 0.841. The number of carbonyl (C=O) groups excluding carboxylic acids is 1. The Kier molecular flexibility index (Phi) is 5.63. The highest BCUT2D eigenvalue weighted by atomic mass is 79.9. The van der Waals surface area contributed by atoms with Crippen molar-refractivity contribution in [2.45, 2.75) is 44.0 Å². The molecule has 1 saturated heterocycles. The van der Waals surface area contributed by atoms with E-state index in [0.29, 0.717) is 30.4 Å². The third kappa shape index (κ3) is 3.52. The van der Waals surface area contributed by atoms with Gasteiger partial charge in [0.05, 0.1) is 4.90 Å². The van der Waals surface area contributed by atoms with Crippen molar-refractivity contribution in [1.82, 2.24) is 9.62 Å². The molecule has 5 nitrogen and oxygen atoms in total. The molecule has 0 spiro atoms. The lowest BCUT2D eigenvalue weighted by molar-refractivity contribution is -0.124. The molecule has 2 rings (SSSR count). The fourth-order valence-corrected chi connectivity index (χ4v) is 5.41. The fourth-order valence-electron chi connectivity index (χ4n) is 2.60. The predicted octanol–water partition coefficient (Wildman–Crippen LogP) is 2.44. The molecular weight excluding hydrogens is 368 g/mol. The first-order valence-corrected chi connectivity index (χ1v) is 9.67. The number of hydrogen-bond acceptors (Lipinski definition) is 3. The molecule has 0 saturated carbocycles. The molecule has 1 heterocycles. The summed E-state index contributed by atoms with van der Waals surface area (Å²) in [5, 5.41) is 2.79. The third-order valence-corrected chi connectivity index (χ3v) is 6.61. The molecule has 1 N–H and O–H groups in total. The summed E-state index contributed by atoms with van der Waals surface area (Å²) >= 11 is 3.32. The van der Waals surface area contributed by atoms with Gasteiger partial charge in [0, 0.05) is 17.6 Å². The van der Waals surface area contributed by atoms with Gasteiger partial charge >= 0.3 is 0 Å². The van der Waals surface area contributed by atoms with Crippen molar-refractivity contribution in [2.75, 3.05) is 13.1 Å². The Bertz CT molecular complexity index is 661. The van der Waals surface area contributed by atoms with Crippen molar-refractivity contribution in [1.29, 1.82) is 0 Å². The van der Waals surface area contributed by atoms with Gasteiger partial charge < -0.3 is 5.32 Å². The molecule has 0 radical (unpaired) electrons. The summed E-state index contributed by atoms with van der Waals surface area (Å²) in [6, 6.07) is 4.52. The Morgan fingerprint density at radius 3 is 2.82 bits per heavy atom. The van der Waals surface area contributed by atoms with Crippen molar-refractivity contribution in [3.05, 3.63) is 28.2 Å². The summed E-state index contributed by atoms with van der Waals surface area (Å²) in [7, 11) is -3.68. The van der Waals surface area contributed by atoms with Gasteiger partial charge in [-0.2, -0.15) is 4.31 Å². The lowest BCUT2D eigenvalue weighted by Gasteiger charge is -2.24. The van der Waals surface area contributed by atoms with E-state index in [1.807, 2.05) is 13.8 Å². The van der Waals surface area contributed by atoms with Crippen molar-refractivity contribution < 1.29 is 13.2 Å². The highest BCUT2D eigenvalue weighted by molar-refractivity contribution is 9.10. The second-order valence-corrected chi connectivity index (χ2v) is 8.21. The van der Waals surface area contributed by atoms with E-state index >= 15 is 0 Å². The number of hydrogen-bond donors (Lipinski definition) is 1. The maximum Gasteiger partial charge on any atom is 0.244 e. The van der Waals surface area contributed by atoms with Crippen LogP contribution in [0.5, 0.6) is 0 Å². The van der Waals surface area contributed by atoms with Gasteiger partial charge in [0.1, 0.15) is 6.04 Å². The van der Waals surface area contributed by atoms with Crippen molar-refractivity contribution in [3.8, 4) is 0 Å². The molecule has 0 aromatic heterocycles. The number of benzene rings is 1. The van der Waals surface area contributed by atoms with E-state index in [9.17, 15) is 13.2 Å². The molecule has 0 bridgehead atoms. The number of sulfonamides is 1. The van der Waals surface area contributed by atoms with Crippen LogP contribution in [-0.4, -0.2) is 37.8 Å². The van der Waals surface area contributed by atoms with Crippen LogP contribution >= 0.6 is 15.9 Å². The van der Waals surface area contributed by atoms with Crippen molar-refractivity contribution >= 4 is 31.9 Å². The van der Waals surface area contributed by atoms with E-state index in [-0.39, 0.29) is 10.8 Å². The topological polar surface area (TPSA) is 66.5 Å². The smallest absolute Gasteiger partial charge is 0.244 e. The minimum absolute atomic E-state index is 0.203. The Morgan fingerprint density at radius 1 is 1.45 bits per heavy atom. The Labute approximate surface area is 140 Å². The van der Waals surface area contributed by atoms with Crippen LogP contribution in [0.25, 0.3) is 0 Å². The summed E-state index contributed by atoms with van der Waals surface area (Å²) < 4.78 is 27.6. The standard InChI is InChI=1S/C15H21BrN2O3S/c1-3-8-17-15(19)13-5-4-9-18(13)22(20,21)14-7-6-11(2)10-12(14)16/h6-7,10,13H,3-5,8-9H2,1-2H3,(H,17,19). The minimum atomic E-state index is -3.68. The van der Waals surface area contributed by atoms with E-state index in [1.54, 1.807) is 18.2 Å². The zero-order valence-corrected chi connectivity index (χ0v) is 15.2. The first-order chi connectivity index (χ1) is 10.4. The molecule has 122 valence electrons. The molecule has 22 heavy (non-hydrogen) atoms. The average molecular weight is 389 g/mol. The van der Waals surface area contributed by atoms with Crippen LogP contribution in [0, 0.1) is 6.92 Å². The van der Waals surface area contributed by atoms with Crippen LogP contribution in [0.4, 0.5) is 0 Å². The monoisotopic (exact) mass is 388 g/mol. The van der Waals surface area contributed by atoms with E-state index in [4.69, 9.17) is 0 Å². The predicted molar refractivity (Wildman–Crippen MR) is 89.1 cm³/mol. The van der Waals surface area contributed by atoms with E-state index in [0.717, 1.165) is 12.0 Å². The van der Waals surface area contributed by atoms with Gasteiger partial charge in [0.15, 0.2) is 0 Å². The number of nitrogens with one attached hydrogen (secondary N) is 1. The second-order valence-electron chi connectivity index (χ2n) is 5.50. The van der Waals surface area contributed by atoms with E-state index in [1.165, 1.54) is 4.31 Å². The van der Waals surface area contributed by atoms with Gasteiger partial charge in [-0.15, -0.1) is 0 Å². The number of aryl methyl sites for hydroxylation is 1. The van der Waals surface area contributed by atoms with E-state index < -0.39 is 16.1 Å². The Balaban J connectivity index is 2.29. The highest BCUT2D eigenvalue weighted by Crippen LogP contribution is 2.31. The third-order valence-electron chi connectivity index (χ3n) is 3.73. The van der Waals surface area contributed by atoms with Crippen LogP contribution in [-0.2, 0) is 14.8 Å². The molecule has 1 unspecified atom stereocenters. The van der Waals surface area contributed by atoms with Crippen molar-refractivity contribution in [3.63, 3.8) is 0 Å². The zero-order valence-electron chi connectivity index (χ0n) is 12.8. The van der Waals surface area contributed by atoms with Gasteiger partial charge in [-0.3, -0.25) is 4.79 Å². The van der Waals surface area contributed by atoms with Gasteiger partial charge in [-0.05, 0) is 59.8 Å². The van der Waals surface area contributed by atoms with Gasteiger partial charge in [0.25, 0.3) is 0 Å². The number of nitrogens with zero attached hydrogens (tertiary/aromatic N) is 1. The Hall–Kier alpha value is -0.920. The molecule has 1 atom stereocenters. The average Bonchev–Trinajstić information content (AvgIpc) is 2.94. The molecule has 1 aliphatic heterocycles. The summed E-state index contributed by atoms with van der Waals surface area (Å²) in [6.07, 6.45) is 2.10. The lowest BCUT2D eigenvalue weighted by atomic mass is 10.2. The molecule has 0 aliphatic carbocycles. The minimum Gasteiger partial charge on any atom is -0.355 e. The first kappa shape index (κ1) is 17.4. The summed E-state index contributed by atoms with van der Waals surface area (Å²) in [6.45, 7) is 4.81. The number of amides is 1. The van der Waals surface area contributed by atoms with Crippen LogP contribution in [0.2, 0.25) is 0 Å². The molecule has 1 aliphatic rings. The second kappa shape index (κ2) is 7.10.